The van der Waals surface area contributed by atoms with Crippen molar-refractivity contribution in [2.24, 2.45) is 0 Å². The second-order valence-electron chi connectivity index (χ2n) is 6.52. The van der Waals surface area contributed by atoms with Gasteiger partial charge in [0.1, 0.15) is 0 Å². The molecule has 2 aromatic carbocycles. The summed E-state index contributed by atoms with van der Waals surface area (Å²) in [6.45, 7) is 1.16. The van der Waals surface area contributed by atoms with Crippen LogP contribution in [0.25, 0.3) is 10.9 Å². The zero-order valence-electron chi connectivity index (χ0n) is 14.6. The summed E-state index contributed by atoms with van der Waals surface area (Å²) in [5, 5.41) is 5.29. The van der Waals surface area contributed by atoms with E-state index in [9.17, 15) is 8.42 Å². The lowest BCUT2D eigenvalue weighted by Crippen LogP contribution is -2.13. The van der Waals surface area contributed by atoms with Crippen molar-refractivity contribution < 1.29 is 13.2 Å². The summed E-state index contributed by atoms with van der Waals surface area (Å²) in [6, 6.07) is 10.9. The first-order valence-electron chi connectivity index (χ1n) is 8.66. The number of aromatic nitrogens is 2. The van der Waals surface area contributed by atoms with Gasteiger partial charge in [-0.2, -0.15) is 5.10 Å². The summed E-state index contributed by atoms with van der Waals surface area (Å²) >= 11 is 0. The van der Waals surface area contributed by atoms with Gasteiger partial charge in [-0.1, -0.05) is 6.07 Å². The SMILES string of the molecule is COCCn1ncc2ccc(NS(=O)(=O)c3ccc4c(c3)CCC4)cc21. The molecule has 0 radical (unpaired) electrons. The largest absolute Gasteiger partial charge is 0.383 e. The van der Waals surface area contributed by atoms with Gasteiger partial charge in [-0.05, 0) is 60.7 Å². The predicted octanol–water partition coefficient (Wildman–Crippen LogP) is 2.97. The van der Waals surface area contributed by atoms with Crippen molar-refractivity contribution in [1.29, 1.82) is 0 Å². The van der Waals surface area contributed by atoms with E-state index >= 15 is 0 Å². The molecule has 1 aliphatic rings. The Morgan fingerprint density at radius 3 is 2.85 bits per heavy atom. The summed E-state index contributed by atoms with van der Waals surface area (Å²) in [7, 11) is -1.98. The maximum absolute atomic E-state index is 12.8. The molecule has 6 nitrogen and oxygen atoms in total. The maximum Gasteiger partial charge on any atom is 0.261 e. The monoisotopic (exact) mass is 371 g/mol. The summed E-state index contributed by atoms with van der Waals surface area (Å²) in [4.78, 5) is 0.311. The van der Waals surface area contributed by atoms with Crippen molar-refractivity contribution in [3.8, 4) is 0 Å². The Morgan fingerprint density at radius 1 is 1.15 bits per heavy atom. The number of sulfonamides is 1. The minimum atomic E-state index is -3.62. The van der Waals surface area contributed by atoms with Gasteiger partial charge >= 0.3 is 0 Å². The molecule has 1 heterocycles. The molecule has 26 heavy (non-hydrogen) atoms. The number of hydrogen-bond donors (Lipinski definition) is 1. The Balaban J connectivity index is 1.63. The van der Waals surface area contributed by atoms with Crippen LogP contribution in [0.3, 0.4) is 0 Å². The van der Waals surface area contributed by atoms with Gasteiger partial charge in [-0.3, -0.25) is 9.40 Å². The van der Waals surface area contributed by atoms with Gasteiger partial charge in [0.25, 0.3) is 10.0 Å². The predicted molar refractivity (Wildman–Crippen MR) is 101 cm³/mol. The van der Waals surface area contributed by atoms with Crippen LogP contribution in [-0.4, -0.2) is 31.9 Å². The van der Waals surface area contributed by atoms with Crippen LogP contribution in [0.1, 0.15) is 17.5 Å². The number of rotatable bonds is 6. The Labute approximate surface area is 152 Å². The first-order chi connectivity index (χ1) is 12.6. The van der Waals surface area contributed by atoms with E-state index in [4.69, 9.17) is 4.74 Å². The highest BCUT2D eigenvalue weighted by atomic mass is 32.2. The summed E-state index contributed by atoms with van der Waals surface area (Å²) in [5.41, 5.74) is 3.79. The number of aryl methyl sites for hydroxylation is 2. The standard InChI is InChI=1S/C19H21N3O3S/c1-25-10-9-22-19-12-17(7-5-16(19)13-20-22)21-26(23,24)18-8-6-14-3-2-4-15(14)11-18/h5-8,11-13,21H,2-4,9-10H2,1H3. The van der Waals surface area contributed by atoms with Crippen LogP contribution in [0.15, 0.2) is 47.5 Å². The van der Waals surface area contributed by atoms with Gasteiger partial charge in [0, 0.05) is 12.5 Å². The third-order valence-corrected chi connectivity index (χ3v) is 6.16. The number of benzene rings is 2. The molecule has 0 saturated heterocycles. The molecule has 0 amide bonds. The van der Waals surface area contributed by atoms with Crippen molar-refractivity contribution in [2.45, 2.75) is 30.7 Å². The second-order valence-corrected chi connectivity index (χ2v) is 8.21. The van der Waals surface area contributed by atoms with E-state index < -0.39 is 10.0 Å². The van der Waals surface area contributed by atoms with Crippen molar-refractivity contribution in [3.63, 3.8) is 0 Å². The highest BCUT2D eigenvalue weighted by molar-refractivity contribution is 7.92. The van der Waals surface area contributed by atoms with Crippen LogP contribution in [0.2, 0.25) is 0 Å². The molecule has 7 heteroatoms. The molecule has 1 aromatic heterocycles. The number of nitrogens with one attached hydrogen (secondary N) is 1. The van der Waals surface area contributed by atoms with E-state index in [1.54, 1.807) is 31.5 Å². The van der Waals surface area contributed by atoms with E-state index in [1.165, 1.54) is 5.56 Å². The van der Waals surface area contributed by atoms with E-state index in [0.29, 0.717) is 23.7 Å². The fourth-order valence-corrected chi connectivity index (χ4v) is 4.52. The molecule has 4 rings (SSSR count). The third kappa shape index (κ3) is 3.20. The molecule has 0 fully saturated rings. The van der Waals surface area contributed by atoms with Crippen LogP contribution in [0.4, 0.5) is 5.69 Å². The molecule has 0 spiro atoms. The normalized spacial score (nSPS) is 13.9. The summed E-state index contributed by atoms with van der Waals surface area (Å²) in [5.74, 6) is 0. The molecule has 3 aromatic rings. The molecule has 0 atom stereocenters. The fraction of sp³-hybridized carbons (Fsp3) is 0.316. The number of fused-ring (bicyclic) bond motifs is 2. The Bertz CT molecular complexity index is 1060. The summed E-state index contributed by atoms with van der Waals surface area (Å²) < 4.78 is 35.2. The minimum absolute atomic E-state index is 0.311. The minimum Gasteiger partial charge on any atom is -0.383 e. The molecule has 1 N–H and O–H groups in total. The zero-order chi connectivity index (χ0) is 18.1. The molecule has 136 valence electrons. The molecule has 1 aliphatic carbocycles. The van der Waals surface area contributed by atoms with Gasteiger partial charge in [-0.15, -0.1) is 0 Å². The number of anilines is 1. The molecule has 0 bridgehead atoms. The third-order valence-electron chi connectivity index (χ3n) is 4.78. The quantitative estimate of drug-likeness (QED) is 0.723. The zero-order valence-corrected chi connectivity index (χ0v) is 15.4. The maximum atomic E-state index is 12.8. The Kier molecular flexibility index (Phi) is 4.42. The van der Waals surface area contributed by atoms with E-state index in [0.717, 1.165) is 35.7 Å². The molecular weight excluding hydrogens is 350 g/mol. The first-order valence-corrected chi connectivity index (χ1v) is 10.1. The van der Waals surface area contributed by atoms with Crippen LogP contribution < -0.4 is 4.72 Å². The highest BCUT2D eigenvalue weighted by Gasteiger charge is 2.19. The first kappa shape index (κ1) is 17.1. The summed E-state index contributed by atoms with van der Waals surface area (Å²) in [6.07, 6.45) is 4.84. The number of ether oxygens (including phenoxy) is 1. The van der Waals surface area contributed by atoms with Crippen LogP contribution >= 0.6 is 0 Å². The molecular formula is C19H21N3O3S. The van der Waals surface area contributed by atoms with Crippen molar-refractivity contribution in [1.82, 2.24) is 9.78 Å². The lowest BCUT2D eigenvalue weighted by Gasteiger charge is -2.10. The number of hydrogen-bond acceptors (Lipinski definition) is 4. The Morgan fingerprint density at radius 2 is 2.00 bits per heavy atom. The van der Waals surface area contributed by atoms with E-state index in [1.807, 2.05) is 22.9 Å². The highest BCUT2D eigenvalue weighted by Crippen LogP contribution is 2.26. The van der Waals surface area contributed by atoms with Gasteiger partial charge in [-0.25, -0.2) is 8.42 Å². The van der Waals surface area contributed by atoms with Gasteiger partial charge in [0.05, 0.1) is 35.4 Å². The molecule has 0 unspecified atom stereocenters. The van der Waals surface area contributed by atoms with Crippen molar-refractivity contribution >= 4 is 26.6 Å². The molecule has 0 saturated carbocycles. The lowest BCUT2D eigenvalue weighted by atomic mass is 10.1. The van der Waals surface area contributed by atoms with Crippen LogP contribution in [0.5, 0.6) is 0 Å². The van der Waals surface area contributed by atoms with Crippen LogP contribution in [-0.2, 0) is 34.1 Å². The van der Waals surface area contributed by atoms with E-state index in [-0.39, 0.29) is 0 Å². The second kappa shape index (κ2) is 6.74. The van der Waals surface area contributed by atoms with Gasteiger partial charge in [0.15, 0.2) is 0 Å². The number of methoxy groups -OCH3 is 1. The smallest absolute Gasteiger partial charge is 0.261 e. The Hall–Kier alpha value is -2.38. The molecule has 0 aliphatic heterocycles. The topological polar surface area (TPSA) is 73.2 Å². The average Bonchev–Trinajstić information content (AvgIpc) is 3.25. The van der Waals surface area contributed by atoms with Crippen molar-refractivity contribution in [3.05, 3.63) is 53.7 Å². The van der Waals surface area contributed by atoms with Crippen molar-refractivity contribution in [2.75, 3.05) is 18.4 Å². The average molecular weight is 371 g/mol. The fourth-order valence-electron chi connectivity index (χ4n) is 3.42. The van der Waals surface area contributed by atoms with Crippen LogP contribution in [0, 0.1) is 0 Å². The lowest BCUT2D eigenvalue weighted by molar-refractivity contribution is 0.185. The van der Waals surface area contributed by atoms with Gasteiger partial charge < -0.3 is 4.74 Å². The van der Waals surface area contributed by atoms with E-state index in [2.05, 4.69) is 9.82 Å². The number of nitrogens with zero attached hydrogens (tertiary/aromatic N) is 2. The van der Waals surface area contributed by atoms with Gasteiger partial charge in [0.2, 0.25) is 0 Å².